The topological polar surface area (TPSA) is 59.6 Å². The summed E-state index contributed by atoms with van der Waals surface area (Å²) in [5, 5.41) is 6.16. The predicted molar refractivity (Wildman–Crippen MR) is 98.0 cm³/mol. The van der Waals surface area contributed by atoms with Crippen LogP contribution in [0.25, 0.3) is 0 Å². The number of aryl methyl sites for hydroxylation is 1. The van der Waals surface area contributed by atoms with Crippen molar-refractivity contribution < 1.29 is 14.3 Å². The van der Waals surface area contributed by atoms with E-state index in [0.29, 0.717) is 26.2 Å². The highest BCUT2D eigenvalue weighted by Gasteiger charge is 2.11. The van der Waals surface area contributed by atoms with Gasteiger partial charge in [-0.3, -0.25) is 4.79 Å². The van der Waals surface area contributed by atoms with Gasteiger partial charge in [0.1, 0.15) is 13.2 Å². The number of ether oxygens (including phenoxy) is 2. The van der Waals surface area contributed by atoms with Crippen LogP contribution >= 0.6 is 15.9 Å². The molecule has 2 aromatic carbocycles. The standard InChI is InChI=1S/C18H19BrN2O3/c1-12-10-13(19)2-4-15(12)21-18(22)6-7-20-14-3-5-16-17(11-14)24-9-8-23-16/h2-5,10-11,20H,6-9H2,1H3,(H,21,22). The quantitative estimate of drug-likeness (QED) is 0.810. The number of amides is 1. The second kappa shape index (κ2) is 7.57. The number of hydrogen-bond acceptors (Lipinski definition) is 4. The summed E-state index contributed by atoms with van der Waals surface area (Å²) in [4.78, 5) is 12.1. The monoisotopic (exact) mass is 390 g/mol. The second-order valence-corrected chi connectivity index (χ2v) is 6.46. The van der Waals surface area contributed by atoms with Crippen LogP contribution in [-0.2, 0) is 4.79 Å². The van der Waals surface area contributed by atoms with Crippen LogP contribution in [0.5, 0.6) is 11.5 Å². The fourth-order valence-corrected chi connectivity index (χ4v) is 2.93. The van der Waals surface area contributed by atoms with Crippen LogP contribution in [0.15, 0.2) is 40.9 Å². The van der Waals surface area contributed by atoms with E-state index in [4.69, 9.17) is 9.47 Å². The van der Waals surface area contributed by atoms with Crippen molar-refractivity contribution in [3.8, 4) is 11.5 Å². The van der Waals surface area contributed by atoms with Gasteiger partial charge in [0.05, 0.1) is 0 Å². The highest BCUT2D eigenvalue weighted by atomic mass is 79.9. The molecule has 0 spiro atoms. The lowest BCUT2D eigenvalue weighted by molar-refractivity contribution is -0.115. The lowest BCUT2D eigenvalue weighted by Crippen LogP contribution is -2.17. The summed E-state index contributed by atoms with van der Waals surface area (Å²) in [6.45, 7) is 3.65. The van der Waals surface area contributed by atoms with Crippen LogP contribution < -0.4 is 20.1 Å². The summed E-state index contributed by atoms with van der Waals surface area (Å²) in [6, 6.07) is 11.5. The molecule has 6 heteroatoms. The fraction of sp³-hybridized carbons (Fsp3) is 0.278. The molecule has 3 rings (SSSR count). The third-order valence-corrected chi connectivity index (χ3v) is 4.18. The van der Waals surface area contributed by atoms with E-state index in [1.807, 2.05) is 43.3 Å². The van der Waals surface area contributed by atoms with Gasteiger partial charge in [-0.15, -0.1) is 0 Å². The lowest BCUT2D eigenvalue weighted by atomic mass is 10.2. The maximum atomic E-state index is 12.1. The van der Waals surface area contributed by atoms with Gasteiger partial charge in [-0.25, -0.2) is 0 Å². The summed E-state index contributed by atoms with van der Waals surface area (Å²) in [5.74, 6) is 1.47. The van der Waals surface area contributed by atoms with Gasteiger partial charge in [0.15, 0.2) is 11.5 Å². The minimum absolute atomic E-state index is 0.0227. The van der Waals surface area contributed by atoms with E-state index in [9.17, 15) is 4.79 Å². The van der Waals surface area contributed by atoms with Crippen molar-refractivity contribution in [2.24, 2.45) is 0 Å². The van der Waals surface area contributed by atoms with Gasteiger partial charge in [0, 0.05) is 34.9 Å². The number of carbonyl (C=O) groups excluding carboxylic acids is 1. The van der Waals surface area contributed by atoms with E-state index < -0.39 is 0 Å². The first-order valence-corrected chi connectivity index (χ1v) is 8.60. The molecule has 2 N–H and O–H groups in total. The van der Waals surface area contributed by atoms with E-state index in [2.05, 4.69) is 26.6 Å². The molecule has 1 amide bonds. The van der Waals surface area contributed by atoms with Gasteiger partial charge >= 0.3 is 0 Å². The zero-order valence-electron chi connectivity index (χ0n) is 13.4. The summed E-state index contributed by atoms with van der Waals surface area (Å²) in [5.41, 5.74) is 2.77. The number of hydrogen-bond donors (Lipinski definition) is 2. The first kappa shape index (κ1) is 16.6. The first-order valence-electron chi connectivity index (χ1n) is 7.81. The predicted octanol–water partition coefficient (Wildman–Crippen LogP) is 3.97. The van der Waals surface area contributed by atoms with Crippen molar-refractivity contribution >= 4 is 33.2 Å². The molecule has 0 fully saturated rings. The molecule has 0 aliphatic carbocycles. The maximum Gasteiger partial charge on any atom is 0.226 e. The van der Waals surface area contributed by atoms with E-state index >= 15 is 0 Å². The molecule has 0 saturated carbocycles. The van der Waals surface area contributed by atoms with Gasteiger partial charge in [-0.05, 0) is 42.8 Å². The molecule has 5 nitrogen and oxygen atoms in total. The Bertz CT molecular complexity index is 749. The SMILES string of the molecule is Cc1cc(Br)ccc1NC(=O)CCNc1ccc2c(c1)OCCO2. The molecule has 126 valence electrons. The fourth-order valence-electron chi connectivity index (χ4n) is 2.45. The van der Waals surface area contributed by atoms with Crippen LogP contribution in [0.1, 0.15) is 12.0 Å². The second-order valence-electron chi connectivity index (χ2n) is 5.54. The molecule has 0 atom stereocenters. The summed E-state index contributed by atoms with van der Waals surface area (Å²) >= 11 is 3.41. The number of anilines is 2. The lowest BCUT2D eigenvalue weighted by Gasteiger charge is -2.19. The summed E-state index contributed by atoms with van der Waals surface area (Å²) < 4.78 is 12.0. The van der Waals surface area contributed by atoms with Crippen LogP contribution in [0.2, 0.25) is 0 Å². The Kier molecular flexibility index (Phi) is 5.25. The van der Waals surface area contributed by atoms with E-state index in [-0.39, 0.29) is 5.91 Å². The normalized spacial score (nSPS) is 12.6. The van der Waals surface area contributed by atoms with E-state index in [0.717, 1.165) is 32.9 Å². The van der Waals surface area contributed by atoms with E-state index in [1.165, 1.54) is 0 Å². The zero-order chi connectivity index (χ0) is 16.9. The smallest absolute Gasteiger partial charge is 0.226 e. The molecule has 0 bridgehead atoms. The van der Waals surface area contributed by atoms with Gasteiger partial charge in [-0.2, -0.15) is 0 Å². The number of halogens is 1. The van der Waals surface area contributed by atoms with Crippen molar-refractivity contribution in [3.63, 3.8) is 0 Å². The molecule has 0 saturated heterocycles. The zero-order valence-corrected chi connectivity index (χ0v) is 15.0. The van der Waals surface area contributed by atoms with Crippen molar-refractivity contribution in [1.82, 2.24) is 0 Å². The van der Waals surface area contributed by atoms with Crippen molar-refractivity contribution in [1.29, 1.82) is 0 Å². The Labute approximate surface area is 149 Å². The molecule has 0 aromatic heterocycles. The van der Waals surface area contributed by atoms with Crippen LogP contribution in [0.4, 0.5) is 11.4 Å². The Morgan fingerprint density at radius 2 is 1.92 bits per heavy atom. The minimum atomic E-state index is -0.0227. The highest BCUT2D eigenvalue weighted by molar-refractivity contribution is 9.10. The Morgan fingerprint density at radius 3 is 2.71 bits per heavy atom. The Morgan fingerprint density at radius 1 is 1.12 bits per heavy atom. The van der Waals surface area contributed by atoms with Crippen LogP contribution in [0.3, 0.4) is 0 Å². The largest absolute Gasteiger partial charge is 0.486 e. The van der Waals surface area contributed by atoms with Gasteiger partial charge in [0.25, 0.3) is 0 Å². The van der Waals surface area contributed by atoms with Crippen molar-refractivity contribution in [3.05, 3.63) is 46.4 Å². The molecule has 1 aliphatic heterocycles. The number of nitrogens with one attached hydrogen (secondary N) is 2. The number of benzene rings is 2. The Balaban J connectivity index is 1.50. The van der Waals surface area contributed by atoms with Gasteiger partial charge in [-0.1, -0.05) is 15.9 Å². The number of rotatable bonds is 5. The minimum Gasteiger partial charge on any atom is -0.486 e. The average molecular weight is 391 g/mol. The molecule has 1 aliphatic rings. The highest BCUT2D eigenvalue weighted by Crippen LogP contribution is 2.32. The first-order chi connectivity index (χ1) is 11.6. The van der Waals surface area contributed by atoms with Crippen molar-refractivity contribution in [2.75, 3.05) is 30.4 Å². The summed E-state index contributed by atoms with van der Waals surface area (Å²) in [6.07, 6.45) is 0.379. The molecule has 0 radical (unpaired) electrons. The molecule has 1 heterocycles. The van der Waals surface area contributed by atoms with Gasteiger partial charge < -0.3 is 20.1 Å². The third-order valence-electron chi connectivity index (χ3n) is 3.69. The van der Waals surface area contributed by atoms with Crippen LogP contribution in [0, 0.1) is 6.92 Å². The molecule has 0 unspecified atom stereocenters. The molecular formula is C18H19BrN2O3. The molecule has 2 aromatic rings. The van der Waals surface area contributed by atoms with Crippen LogP contribution in [-0.4, -0.2) is 25.7 Å². The average Bonchev–Trinajstić information content (AvgIpc) is 2.57. The molecular weight excluding hydrogens is 372 g/mol. The third kappa shape index (κ3) is 4.20. The van der Waals surface area contributed by atoms with Crippen molar-refractivity contribution in [2.45, 2.75) is 13.3 Å². The number of carbonyl (C=O) groups is 1. The van der Waals surface area contributed by atoms with Gasteiger partial charge in [0.2, 0.25) is 5.91 Å². The Hall–Kier alpha value is -2.21. The maximum absolute atomic E-state index is 12.1. The molecule has 24 heavy (non-hydrogen) atoms. The summed E-state index contributed by atoms with van der Waals surface area (Å²) in [7, 11) is 0. The van der Waals surface area contributed by atoms with E-state index in [1.54, 1.807) is 0 Å². The number of fused-ring (bicyclic) bond motifs is 1.